The third-order valence-corrected chi connectivity index (χ3v) is 6.35. The standard InChI is InChI=1S/C23H48N2O/c1-3-4-5-6-7-8-9-10-11-12-13-14-15-16-17-18-19-22(2,24)23(25)20-21-26-23/h3-21,24-25H2,1-2H3. The van der Waals surface area contributed by atoms with Gasteiger partial charge in [0.15, 0.2) is 0 Å². The molecular weight excluding hydrogens is 320 g/mol. The van der Waals surface area contributed by atoms with Crippen molar-refractivity contribution in [1.82, 2.24) is 0 Å². The Morgan fingerprint density at radius 3 is 1.38 bits per heavy atom. The third-order valence-electron chi connectivity index (χ3n) is 6.35. The Morgan fingerprint density at radius 1 is 0.731 bits per heavy atom. The van der Waals surface area contributed by atoms with Crippen molar-refractivity contribution >= 4 is 0 Å². The van der Waals surface area contributed by atoms with Crippen LogP contribution in [0.25, 0.3) is 0 Å². The fourth-order valence-electron chi connectivity index (χ4n) is 4.02. The van der Waals surface area contributed by atoms with E-state index in [1.165, 1.54) is 103 Å². The van der Waals surface area contributed by atoms with E-state index in [1.54, 1.807) is 0 Å². The van der Waals surface area contributed by atoms with E-state index in [0.717, 1.165) is 19.4 Å². The Kier molecular flexibility index (Phi) is 12.8. The average Bonchev–Trinajstić information content (AvgIpc) is 2.59. The lowest BCUT2D eigenvalue weighted by molar-refractivity contribution is -0.184. The monoisotopic (exact) mass is 368 g/mol. The molecule has 156 valence electrons. The Labute approximate surface area is 164 Å². The van der Waals surface area contributed by atoms with Gasteiger partial charge >= 0.3 is 0 Å². The van der Waals surface area contributed by atoms with Crippen molar-refractivity contribution in [3.63, 3.8) is 0 Å². The maximum Gasteiger partial charge on any atom is 0.136 e. The number of rotatable bonds is 18. The van der Waals surface area contributed by atoms with Gasteiger partial charge in [0.1, 0.15) is 5.72 Å². The summed E-state index contributed by atoms with van der Waals surface area (Å²) in [7, 11) is 0. The highest BCUT2D eigenvalue weighted by Crippen LogP contribution is 2.33. The van der Waals surface area contributed by atoms with Gasteiger partial charge in [0, 0.05) is 6.42 Å². The van der Waals surface area contributed by atoms with E-state index in [4.69, 9.17) is 16.2 Å². The zero-order valence-electron chi connectivity index (χ0n) is 18.0. The van der Waals surface area contributed by atoms with Crippen LogP contribution in [0.15, 0.2) is 0 Å². The fourth-order valence-corrected chi connectivity index (χ4v) is 4.02. The smallest absolute Gasteiger partial charge is 0.136 e. The first-order chi connectivity index (χ1) is 12.5. The van der Waals surface area contributed by atoms with Gasteiger partial charge < -0.3 is 16.2 Å². The Balaban J connectivity index is 1.77. The van der Waals surface area contributed by atoms with Gasteiger partial charge in [-0.25, -0.2) is 0 Å². The van der Waals surface area contributed by atoms with E-state index in [0.29, 0.717) is 0 Å². The second-order valence-electron chi connectivity index (χ2n) is 8.96. The molecule has 1 fully saturated rings. The normalized spacial score (nSPS) is 22.2. The maximum absolute atomic E-state index is 6.37. The molecule has 0 aromatic heterocycles. The zero-order chi connectivity index (χ0) is 19.1. The van der Waals surface area contributed by atoms with E-state index in [9.17, 15) is 0 Å². The summed E-state index contributed by atoms with van der Waals surface area (Å²) < 4.78 is 5.52. The van der Waals surface area contributed by atoms with E-state index in [-0.39, 0.29) is 5.54 Å². The number of hydrogen-bond donors (Lipinski definition) is 2. The van der Waals surface area contributed by atoms with Crippen molar-refractivity contribution in [3.8, 4) is 0 Å². The average molecular weight is 369 g/mol. The molecule has 0 aliphatic carbocycles. The van der Waals surface area contributed by atoms with Crippen LogP contribution in [-0.4, -0.2) is 17.9 Å². The molecule has 2 atom stereocenters. The quantitative estimate of drug-likeness (QED) is 0.274. The first-order valence-corrected chi connectivity index (χ1v) is 11.7. The molecule has 3 heteroatoms. The first kappa shape index (κ1) is 23.9. The Hall–Kier alpha value is -0.120. The van der Waals surface area contributed by atoms with E-state index in [1.807, 2.05) is 0 Å². The largest absolute Gasteiger partial charge is 0.359 e. The summed E-state index contributed by atoms with van der Waals surface area (Å²) in [6.45, 7) is 5.11. The number of unbranched alkanes of at least 4 members (excludes halogenated alkanes) is 15. The second kappa shape index (κ2) is 14.0. The molecule has 2 unspecified atom stereocenters. The molecule has 1 saturated heterocycles. The summed E-state index contributed by atoms with van der Waals surface area (Å²) in [6.07, 6.45) is 24.3. The zero-order valence-corrected chi connectivity index (χ0v) is 18.0. The highest BCUT2D eigenvalue weighted by Gasteiger charge is 2.48. The van der Waals surface area contributed by atoms with Gasteiger partial charge in [-0.15, -0.1) is 0 Å². The summed E-state index contributed by atoms with van der Waals surface area (Å²) in [6, 6.07) is 0. The third kappa shape index (κ3) is 9.71. The molecule has 0 aromatic rings. The fraction of sp³-hybridized carbons (Fsp3) is 1.00. The van der Waals surface area contributed by atoms with Crippen LogP contribution in [-0.2, 0) is 4.74 Å². The second-order valence-corrected chi connectivity index (χ2v) is 8.96. The van der Waals surface area contributed by atoms with Crippen molar-refractivity contribution < 1.29 is 4.74 Å². The van der Waals surface area contributed by atoms with Gasteiger partial charge in [0.25, 0.3) is 0 Å². The molecule has 4 N–H and O–H groups in total. The topological polar surface area (TPSA) is 61.3 Å². The van der Waals surface area contributed by atoms with E-state index >= 15 is 0 Å². The van der Waals surface area contributed by atoms with Gasteiger partial charge in [-0.3, -0.25) is 0 Å². The highest BCUT2D eigenvalue weighted by molar-refractivity contribution is 5.01. The van der Waals surface area contributed by atoms with Gasteiger partial charge in [-0.2, -0.15) is 0 Å². The molecule has 1 heterocycles. The summed E-state index contributed by atoms with van der Waals surface area (Å²) >= 11 is 0. The molecule has 0 bridgehead atoms. The van der Waals surface area contributed by atoms with Crippen molar-refractivity contribution in [2.24, 2.45) is 11.5 Å². The molecule has 0 spiro atoms. The first-order valence-electron chi connectivity index (χ1n) is 11.7. The van der Waals surface area contributed by atoms with Crippen LogP contribution >= 0.6 is 0 Å². The lowest BCUT2D eigenvalue weighted by Crippen LogP contribution is -2.70. The van der Waals surface area contributed by atoms with Crippen molar-refractivity contribution in [3.05, 3.63) is 0 Å². The predicted octanol–water partition coefficient (Wildman–Crippen LogP) is 6.43. The lowest BCUT2D eigenvalue weighted by atomic mass is 9.80. The molecular formula is C23H48N2O. The summed E-state index contributed by atoms with van der Waals surface area (Å²) in [5, 5.41) is 0. The van der Waals surface area contributed by atoms with Gasteiger partial charge in [-0.05, 0) is 13.3 Å². The molecule has 0 saturated carbocycles. The summed E-state index contributed by atoms with van der Waals surface area (Å²) in [5.41, 5.74) is 11.6. The van der Waals surface area contributed by atoms with Gasteiger partial charge in [-0.1, -0.05) is 110 Å². The summed E-state index contributed by atoms with van der Waals surface area (Å²) in [4.78, 5) is 0. The van der Waals surface area contributed by atoms with Crippen LogP contribution in [0, 0.1) is 0 Å². The molecule has 0 radical (unpaired) electrons. The Bertz CT molecular complexity index is 326. The molecule has 0 aromatic carbocycles. The predicted molar refractivity (Wildman–Crippen MR) is 114 cm³/mol. The van der Waals surface area contributed by atoms with Crippen LogP contribution in [0.4, 0.5) is 0 Å². The van der Waals surface area contributed by atoms with Crippen molar-refractivity contribution in [2.45, 2.75) is 141 Å². The molecule has 3 nitrogen and oxygen atoms in total. The molecule has 26 heavy (non-hydrogen) atoms. The SMILES string of the molecule is CCCCCCCCCCCCCCCCCCC(C)(N)C1(N)CCO1. The van der Waals surface area contributed by atoms with Crippen LogP contribution < -0.4 is 11.5 Å². The van der Waals surface area contributed by atoms with Crippen molar-refractivity contribution in [2.75, 3.05) is 6.61 Å². The summed E-state index contributed by atoms with van der Waals surface area (Å²) in [5.74, 6) is 0. The minimum atomic E-state index is -0.567. The van der Waals surface area contributed by atoms with Crippen LogP contribution in [0.1, 0.15) is 129 Å². The molecule has 1 rings (SSSR count). The van der Waals surface area contributed by atoms with Crippen molar-refractivity contribution in [1.29, 1.82) is 0 Å². The van der Waals surface area contributed by atoms with Crippen LogP contribution in [0.3, 0.4) is 0 Å². The molecule has 0 amide bonds. The van der Waals surface area contributed by atoms with E-state index in [2.05, 4.69) is 13.8 Å². The maximum atomic E-state index is 6.37. The highest BCUT2D eigenvalue weighted by atomic mass is 16.5. The van der Waals surface area contributed by atoms with Gasteiger partial charge in [0.2, 0.25) is 0 Å². The van der Waals surface area contributed by atoms with Gasteiger partial charge in [0.05, 0.1) is 12.1 Å². The molecule has 1 aliphatic rings. The Morgan fingerprint density at radius 2 is 1.08 bits per heavy atom. The van der Waals surface area contributed by atoms with Crippen LogP contribution in [0.2, 0.25) is 0 Å². The van der Waals surface area contributed by atoms with E-state index < -0.39 is 5.72 Å². The molecule has 1 aliphatic heterocycles. The minimum Gasteiger partial charge on any atom is -0.359 e. The number of nitrogens with two attached hydrogens (primary N) is 2. The minimum absolute atomic E-state index is 0.374. The number of ether oxygens (including phenoxy) is 1. The van der Waals surface area contributed by atoms with Crippen LogP contribution in [0.5, 0.6) is 0 Å². The lowest BCUT2D eigenvalue weighted by Gasteiger charge is -2.49. The number of hydrogen-bond acceptors (Lipinski definition) is 3.